The Morgan fingerprint density at radius 1 is 1.17 bits per heavy atom. The van der Waals surface area contributed by atoms with Crippen LogP contribution in [-0.4, -0.2) is 42.9 Å². The van der Waals surface area contributed by atoms with Gasteiger partial charge in [0.2, 0.25) is 0 Å². The van der Waals surface area contributed by atoms with Crippen molar-refractivity contribution in [2.24, 2.45) is 0 Å². The Kier molecular flexibility index (Phi) is 4.49. The molecule has 4 heterocycles. The first kappa shape index (κ1) is 18.1. The Morgan fingerprint density at radius 3 is 2.79 bits per heavy atom. The van der Waals surface area contributed by atoms with Gasteiger partial charge in [-0.25, -0.2) is 9.97 Å². The van der Waals surface area contributed by atoms with Gasteiger partial charge in [-0.15, -0.1) is 0 Å². The predicted octanol–water partition coefficient (Wildman–Crippen LogP) is 4.08. The van der Waals surface area contributed by atoms with Gasteiger partial charge >= 0.3 is 0 Å². The van der Waals surface area contributed by atoms with Crippen LogP contribution < -0.4 is 5.32 Å². The molecule has 0 bridgehead atoms. The molecule has 0 spiro atoms. The predicted molar refractivity (Wildman–Crippen MR) is 113 cm³/mol. The quantitative estimate of drug-likeness (QED) is 0.475. The highest BCUT2D eigenvalue weighted by atomic mass is 35.5. The van der Waals surface area contributed by atoms with Crippen molar-refractivity contribution in [2.75, 3.05) is 13.1 Å². The second-order valence-electron chi connectivity index (χ2n) is 7.46. The van der Waals surface area contributed by atoms with Crippen molar-refractivity contribution in [2.45, 2.75) is 25.8 Å². The molecule has 1 fully saturated rings. The fraction of sp³-hybridized carbons (Fsp3) is 0.286. The van der Waals surface area contributed by atoms with Gasteiger partial charge in [0.1, 0.15) is 17.7 Å². The summed E-state index contributed by atoms with van der Waals surface area (Å²) in [5, 5.41) is 19.3. The number of phenols is 1. The SMILES string of the molecule is Cc1cc(-c2c[nH]c3ncnc(-c4cnn(C5CCNCC5)c4)c23)cc(Cl)c1O. The Morgan fingerprint density at radius 2 is 2.00 bits per heavy atom. The van der Waals surface area contributed by atoms with Gasteiger partial charge in [-0.3, -0.25) is 4.68 Å². The molecule has 29 heavy (non-hydrogen) atoms. The third kappa shape index (κ3) is 3.16. The zero-order valence-corrected chi connectivity index (χ0v) is 16.7. The Balaban J connectivity index is 1.63. The molecule has 0 amide bonds. The van der Waals surface area contributed by atoms with Crippen LogP contribution in [0.5, 0.6) is 5.75 Å². The van der Waals surface area contributed by atoms with Crippen LogP contribution in [0.3, 0.4) is 0 Å². The second kappa shape index (κ2) is 7.17. The summed E-state index contributed by atoms with van der Waals surface area (Å²) < 4.78 is 2.05. The largest absolute Gasteiger partial charge is 0.506 e. The number of aromatic amines is 1. The van der Waals surface area contributed by atoms with Crippen LogP contribution in [0.1, 0.15) is 24.4 Å². The molecule has 1 aromatic carbocycles. The molecule has 0 atom stereocenters. The maximum absolute atomic E-state index is 10.0. The molecule has 0 radical (unpaired) electrons. The van der Waals surface area contributed by atoms with E-state index in [1.54, 1.807) is 12.4 Å². The van der Waals surface area contributed by atoms with Crippen molar-refractivity contribution >= 4 is 22.6 Å². The molecule has 3 aromatic heterocycles. The van der Waals surface area contributed by atoms with E-state index in [-0.39, 0.29) is 5.75 Å². The number of phenolic OH excluding ortho intramolecular Hbond substituents is 1. The molecule has 3 N–H and O–H groups in total. The van der Waals surface area contributed by atoms with Crippen molar-refractivity contribution in [3.63, 3.8) is 0 Å². The van der Waals surface area contributed by atoms with E-state index in [1.165, 1.54) is 0 Å². The minimum absolute atomic E-state index is 0.106. The lowest BCUT2D eigenvalue weighted by Gasteiger charge is -2.22. The lowest BCUT2D eigenvalue weighted by molar-refractivity contribution is 0.343. The van der Waals surface area contributed by atoms with E-state index in [0.717, 1.165) is 64.9 Å². The van der Waals surface area contributed by atoms with E-state index in [0.29, 0.717) is 11.1 Å². The van der Waals surface area contributed by atoms with Crippen molar-refractivity contribution < 1.29 is 5.11 Å². The van der Waals surface area contributed by atoms with Crippen LogP contribution in [0.4, 0.5) is 0 Å². The van der Waals surface area contributed by atoms with E-state index >= 15 is 0 Å². The van der Waals surface area contributed by atoms with Gasteiger partial charge in [0.05, 0.1) is 28.3 Å². The van der Waals surface area contributed by atoms with E-state index < -0.39 is 0 Å². The summed E-state index contributed by atoms with van der Waals surface area (Å²) in [6.45, 7) is 3.86. The normalized spacial score (nSPS) is 15.2. The topological polar surface area (TPSA) is 91.7 Å². The van der Waals surface area contributed by atoms with Crippen molar-refractivity contribution in [3.8, 4) is 28.1 Å². The van der Waals surface area contributed by atoms with Crippen LogP contribution in [0.25, 0.3) is 33.4 Å². The van der Waals surface area contributed by atoms with Crippen LogP contribution in [0.15, 0.2) is 37.1 Å². The van der Waals surface area contributed by atoms with Crippen LogP contribution in [0.2, 0.25) is 5.02 Å². The molecule has 0 saturated carbocycles. The number of hydrogen-bond acceptors (Lipinski definition) is 5. The molecule has 0 unspecified atom stereocenters. The fourth-order valence-electron chi connectivity index (χ4n) is 4.03. The Labute approximate surface area is 172 Å². The lowest BCUT2D eigenvalue weighted by Crippen LogP contribution is -2.29. The van der Waals surface area contributed by atoms with Gasteiger partial charge in [0.25, 0.3) is 0 Å². The number of fused-ring (bicyclic) bond motifs is 1. The Bertz CT molecular complexity index is 1170. The third-order valence-corrected chi connectivity index (χ3v) is 5.88. The molecule has 1 saturated heterocycles. The maximum Gasteiger partial charge on any atom is 0.141 e. The Hall–Kier alpha value is -2.90. The second-order valence-corrected chi connectivity index (χ2v) is 7.87. The summed E-state index contributed by atoms with van der Waals surface area (Å²) in [7, 11) is 0. The van der Waals surface area contributed by atoms with Gasteiger partial charge in [-0.2, -0.15) is 5.10 Å². The number of piperidine rings is 1. The van der Waals surface area contributed by atoms with Gasteiger partial charge < -0.3 is 15.4 Å². The number of halogens is 1. The first-order valence-corrected chi connectivity index (χ1v) is 10.1. The summed E-state index contributed by atoms with van der Waals surface area (Å²) in [5.41, 5.74) is 5.10. The van der Waals surface area contributed by atoms with E-state index in [4.69, 9.17) is 11.6 Å². The number of rotatable bonds is 3. The van der Waals surface area contributed by atoms with Crippen molar-refractivity contribution in [1.82, 2.24) is 30.0 Å². The molecule has 4 aromatic rings. The minimum Gasteiger partial charge on any atom is -0.506 e. The van der Waals surface area contributed by atoms with Gasteiger partial charge in [0.15, 0.2) is 0 Å². The monoisotopic (exact) mass is 408 g/mol. The highest BCUT2D eigenvalue weighted by Gasteiger charge is 2.20. The zero-order chi connectivity index (χ0) is 20.0. The number of hydrogen-bond donors (Lipinski definition) is 3. The number of aromatic nitrogens is 5. The number of nitrogens with one attached hydrogen (secondary N) is 2. The first-order valence-electron chi connectivity index (χ1n) is 9.68. The smallest absolute Gasteiger partial charge is 0.141 e. The highest BCUT2D eigenvalue weighted by Crippen LogP contribution is 2.38. The van der Waals surface area contributed by atoms with Gasteiger partial charge in [-0.1, -0.05) is 11.6 Å². The molecule has 5 rings (SSSR count). The molecule has 7 nitrogen and oxygen atoms in total. The number of aromatic hydroxyl groups is 1. The molecule has 1 aliphatic rings. The van der Waals surface area contributed by atoms with Crippen molar-refractivity contribution in [3.05, 3.63) is 47.6 Å². The third-order valence-electron chi connectivity index (χ3n) is 5.59. The lowest BCUT2D eigenvalue weighted by atomic mass is 10.0. The zero-order valence-electron chi connectivity index (χ0n) is 16.0. The minimum atomic E-state index is 0.106. The summed E-state index contributed by atoms with van der Waals surface area (Å²) in [6, 6.07) is 4.09. The maximum atomic E-state index is 10.0. The first-order chi connectivity index (χ1) is 14.1. The summed E-state index contributed by atoms with van der Waals surface area (Å²) >= 11 is 6.22. The number of H-pyrrole nitrogens is 1. The summed E-state index contributed by atoms with van der Waals surface area (Å²) in [5.74, 6) is 0.106. The number of nitrogens with zero attached hydrogens (tertiary/aromatic N) is 4. The summed E-state index contributed by atoms with van der Waals surface area (Å²) in [6.07, 6.45) is 9.55. The molecule has 148 valence electrons. The van der Waals surface area contributed by atoms with Gasteiger partial charge in [0, 0.05) is 23.5 Å². The molecule has 1 aliphatic heterocycles. The van der Waals surface area contributed by atoms with Crippen molar-refractivity contribution in [1.29, 1.82) is 0 Å². The summed E-state index contributed by atoms with van der Waals surface area (Å²) in [4.78, 5) is 12.2. The van der Waals surface area contributed by atoms with Crippen LogP contribution in [0, 0.1) is 6.92 Å². The van der Waals surface area contributed by atoms with E-state index in [9.17, 15) is 5.11 Å². The standard InChI is InChI=1S/C21H21ClN6O/c1-12-6-13(7-17(22)20(12)29)16-9-24-21-18(16)19(25-11-26-21)14-8-27-28(10-14)15-2-4-23-5-3-15/h6-11,15,23,29H,2-5H2,1H3,(H,24,25,26). The van der Waals surface area contributed by atoms with E-state index in [2.05, 4.69) is 36.2 Å². The number of aryl methyl sites for hydroxylation is 1. The van der Waals surface area contributed by atoms with Crippen LogP contribution in [-0.2, 0) is 0 Å². The molecule has 8 heteroatoms. The molecular formula is C21H21ClN6O. The fourth-order valence-corrected chi connectivity index (χ4v) is 4.30. The highest BCUT2D eigenvalue weighted by molar-refractivity contribution is 6.32. The van der Waals surface area contributed by atoms with E-state index in [1.807, 2.05) is 25.4 Å². The number of benzene rings is 1. The van der Waals surface area contributed by atoms with Crippen LogP contribution >= 0.6 is 11.6 Å². The average molecular weight is 409 g/mol. The average Bonchev–Trinajstić information content (AvgIpc) is 3.40. The molecular weight excluding hydrogens is 388 g/mol. The molecule has 0 aliphatic carbocycles. The van der Waals surface area contributed by atoms with Gasteiger partial charge in [-0.05, 0) is 56.1 Å².